The van der Waals surface area contributed by atoms with Gasteiger partial charge in [0.1, 0.15) is 0 Å². The Hall–Kier alpha value is -0.820. The first-order valence-corrected chi connectivity index (χ1v) is 6.05. The van der Waals surface area contributed by atoms with Crippen molar-refractivity contribution in [3.8, 4) is 0 Å². The first-order valence-electron chi connectivity index (χ1n) is 6.05. The van der Waals surface area contributed by atoms with Crippen molar-refractivity contribution in [2.24, 2.45) is 0 Å². The van der Waals surface area contributed by atoms with E-state index in [4.69, 9.17) is 0 Å². The van der Waals surface area contributed by atoms with E-state index in [-0.39, 0.29) is 0 Å². The van der Waals surface area contributed by atoms with Gasteiger partial charge in [-0.15, -0.1) is 0 Å². The molecule has 0 spiro atoms. The summed E-state index contributed by atoms with van der Waals surface area (Å²) in [5.41, 5.74) is 2.83. The molecule has 1 N–H and O–H groups in total. The summed E-state index contributed by atoms with van der Waals surface area (Å²) >= 11 is 0. The Kier molecular flexibility index (Phi) is 3.42. The summed E-state index contributed by atoms with van der Waals surface area (Å²) in [6.07, 6.45) is 5.20. The van der Waals surface area contributed by atoms with Crippen molar-refractivity contribution < 1.29 is 0 Å². The Morgan fingerprint density at radius 1 is 1.20 bits per heavy atom. The van der Waals surface area contributed by atoms with Crippen LogP contribution in [0.4, 0.5) is 0 Å². The fraction of sp³-hybridized carbons (Fsp3) is 0.571. The number of rotatable bonds is 3. The van der Waals surface area contributed by atoms with E-state index < -0.39 is 0 Å². The van der Waals surface area contributed by atoms with Crippen molar-refractivity contribution in [1.29, 1.82) is 0 Å². The molecule has 1 aliphatic heterocycles. The molecule has 1 saturated heterocycles. The van der Waals surface area contributed by atoms with Gasteiger partial charge in [0.05, 0.1) is 0 Å². The number of aryl methyl sites for hydroxylation is 2. The molecule has 82 valence electrons. The highest BCUT2D eigenvalue weighted by atomic mass is 15.0. The molecular weight excluding hydrogens is 182 g/mol. The van der Waals surface area contributed by atoms with Crippen LogP contribution < -0.4 is 5.32 Å². The molecule has 0 aromatic heterocycles. The topological polar surface area (TPSA) is 12.0 Å². The van der Waals surface area contributed by atoms with Gasteiger partial charge in [0.25, 0.3) is 0 Å². The van der Waals surface area contributed by atoms with Crippen molar-refractivity contribution in [2.75, 3.05) is 0 Å². The normalized spacial score (nSPS) is 25.7. The first kappa shape index (κ1) is 10.7. The second-order valence-corrected chi connectivity index (χ2v) is 4.87. The van der Waals surface area contributed by atoms with Gasteiger partial charge in [0.15, 0.2) is 0 Å². The third-order valence-corrected chi connectivity index (χ3v) is 3.37. The molecule has 1 heteroatoms. The fourth-order valence-corrected chi connectivity index (χ4v) is 2.34. The van der Waals surface area contributed by atoms with Gasteiger partial charge in [-0.2, -0.15) is 0 Å². The molecule has 1 nitrogen and oxygen atoms in total. The van der Waals surface area contributed by atoms with Gasteiger partial charge in [-0.05, 0) is 45.1 Å². The number of benzene rings is 1. The zero-order chi connectivity index (χ0) is 10.7. The van der Waals surface area contributed by atoms with Crippen molar-refractivity contribution in [2.45, 2.75) is 51.6 Å². The molecule has 0 bridgehead atoms. The van der Waals surface area contributed by atoms with Crippen LogP contribution in [0.2, 0.25) is 0 Å². The van der Waals surface area contributed by atoms with Gasteiger partial charge in [0, 0.05) is 12.1 Å². The highest BCUT2D eigenvalue weighted by Crippen LogP contribution is 2.16. The molecule has 0 radical (unpaired) electrons. The largest absolute Gasteiger partial charge is 0.311 e. The van der Waals surface area contributed by atoms with E-state index in [1.165, 1.54) is 36.8 Å². The van der Waals surface area contributed by atoms with Gasteiger partial charge in [-0.1, -0.05) is 29.8 Å². The van der Waals surface area contributed by atoms with E-state index in [2.05, 4.69) is 43.4 Å². The first-order chi connectivity index (χ1) is 7.24. The van der Waals surface area contributed by atoms with Crippen LogP contribution in [0.15, 0.2) is 24.3 Å². The molecule has 1 heterocycles. The van der Waals surface area contributed by atoms with Crippen LogP contribution in [0.25, 0.3) is 0 Å². The summed E-state index contributed by atoms with van der Waals surface area (Å²) in [4.78, 5) is 0. The smallest absolute Gasteiger partial charge is 0.00732 e. The van der Waals surface area contributed by atoms with Crippen LogP contribution in [-0.4, -0.2) is 12.1 Å². The molecule has 0 saturated carbocycles. The molecule has 0 amide bonds. The maximum atomic E-state index is 3.64. The Labute approximate surface area is 92.9 Å². The van der Waals surface area contributed by atoms with Crippen molar-refractivity contribution in [3.05, 3.63) is 35.4 Å². The summed E-state index contributed by atoms with van der Waals surface area (Å²) in [7, 11) is 0. The minimum atomic E-state index is 0.730. The summed E-state index contributed by atoms with van der Waals surface area (Å²) in [6.45, 7) is 4.43. The second-order valence-electron chi connectivity index (χ2n) is 4.87. The van der Waals surface area contributed by atoms with Crippen LogP contribution in [0.1, 0.15) is 37.3 Å². The lowest BCUT2D eigenvalue weighted by Gasteiger charge is -2.11. The van der Waals surface area contributed by atoms with E-state index >= 15 is 0 Å². The molecule has 2 atom stereocenters. The average molecular weight is 203 g/mol. The highest BCUT2D eigenvalue weighted by molar-refractivity contribution is 5.21. The average Bonchev–Trinajstić information content (AvgIpc) is 2.64. The van der Waals surface area contributed by atoms with Gasteiger partial charge in [-0.3, -0.25) is 0 Å². The van der Waals surface area contributed by atoms with Crippen molar-refractivity contribution in [1.82, 2.24) is 5.32 Å². The van der Waals surface area contributed by atoms with E-state index in [1.54, 1.807) is 0 Å². The zero-order valence-corrected chi connectivity index (χ0v) is 9.79. The maximum absolute atomic E-state index is 3.64. The Morgan fingerprint density at radius 3 is 2.53 bits per heavy atom. The molecule has 0 unspecified atom stereocenters. The summed E-state index contributed by atoms with van der Waals surface area (Å²) < 4.78 is 0. The quantitative estimate of drug-likeness (QED) is 0.796. The van der Waals surface area contributed by atoms with Crippen molar-refractivity contribution in [3.63, 3.8) is 0 Å². The SMILES string of the molecule is Cc1ccc(CC[C@H]2CC[C@@H](C)N2)cc1. The molecule has 1 aromatic carbocycles. The minimum Gasteiger partial charge on any atom is -0.311 e. The summed E-state index contributed by atoms with van der Waals surface area (Å²) in [5.74, 6) is 0. The molecule has 0 aliphatic carbocycles. The molecule has 1 aromatic rings. The molecule has 15 heavy (non-hydrogen) atoms. The minimum absolute atomic E-state index is 0.730. The van der Waals surface area contributed by atoms with Crippen LogP contribution in [0.3, 0.4) is 0 Å². The number of nitrogens with one attached hydrogen (secondary N) is 1. The Morgan fingerprint density at radius 2 is 1.93 bits per heavy atom. The Balaban J connectivity index is 1.80. The van der Waals surface area contributed by atoms with Crippen LogP contribution in [0.5, 0.6) is 0 Å². The summed E-state index contributed by atoms with van der Waals surface area (Å²) in [5, 5.41) is 3.64. The van der Waals surface area contributed by atoms with Crippen molar-refractivity contribution >= 4 is 0 Å². The van der Waals surface area contributed by atoms with Gasteiger partial charge < -0.3 is 5.32 Å². The Bertz CT molecular complexity index is 302. The monoisotopic (exact) mass is 203 g/mol. The van der Waals surface area contributed by atoms with Crippen LogP contribution in [-0.2, 0) is 6.42 Å². The third-order valence-electron chi connectivity index (χ3n) is 3.37. The number of hydrogen-bond acceptors (Lipinski definition) is 1. The van der Waals surface area contributed by atoms with Gasteiger partial charge in [-0.25, -0.2) is 0 Å². The zero-order valence-electron chi connectivity index (χ0n) is 9.79. The number of hydrogen-bond donors (Lipinski definition) is 1. The highest BCUT2D eigenvalue weighted by Gasteiger charge is 2.19. The van der Waals surface area contributed by atoms with E-state index in [0.29, 0.717) is 0 Å². The summed E-state index contributed by atoms with van der Waals surface area (Å²) in [6, 6.07) is 10.4. The fourth-order valence-electron chi connectivity index (χ4n) is 2.34. The predicted octanol–water partition coefficient (Wildman–Crippen LogP) is 3.07. The predicted molar refractivity (Wildman–Crippen MR) is 65.1 cm³/mol. The third kappa shape index (κ3) is 3.07. The van der Waals surface area contributed by atoms with Gasteiger partial charge >= 0.3 is 0 Å². The molecule has 1 fully saturated rings. The molecule has 2 rings (SSSR count). The standard InChI is InChI=1S/C14H21N/c1-11-3-6-13(7-4-11)8-10-14-9-5-12(2)15-14/h3-4,6-7,12,14-15H,5,8-10H2,1-2H3/t12-,14-/m1/s1. The van der Waals surface area contributed by atoms with Crippen LogP contribution >= 0.6 is 0 Å². The maximum Gasteiger partial charge on any atom is 0.00732 e. The van der Waals surface area contributed by atoms with Gasteiger partial charge in [0.2, 0.25) is 0 Å². The van der Waals surface area contributed by atoms with E-state index in [1.807, 2.05) is 0 Å². The molecule has 1 aliphatic rings. The van der Waals surface area contributed by atoms with E-state index in [0.717, 1.165) is 12.1 Å². The molecular formula is C14H21N. The lowest BCUT2D eigenvalue weighted by molar-refractivity contribution is 0.527. The van der Waals surface area contributed by atoms with E-state index in [9.17, 15) is 0 Å². The second kappa shape index (κ2) is 4.80. The lowest BCUT2D eigenvalue weighted by Crippen LogP contribution is -2.27. The lowest BCUT2D eigenvalue weighted by atomic mass is 10.0. The van der Waals surface area contributed by atoms with Crippen LogP contribution in [0, 0.1) is 6.92 Å².